The van der Waals surface area contributed by atoms with Crippen LogP contribution in [0.15, 0.2) is 40.3 Å². The van der Waals surface area contributed by atoms with Gasteiger partial charge in [0.05, 0.1) is 12.1 Å². The molecule has 7 heteroatoms. The number of benzene rings is 1. The van der Waals surface area contributed by atoms with Gasteiger partial charge >= 0.3 is 0 Å². The Balaban J connectivity index is 2.11. The highest BCUT2D eigenvalue weighted by molar-refractivity contribution is 7.98. The third-order valence-corrected chi connectivity index (χ3v) is 4.01. The van der Waals surface area contributed by atoms with Gasteiger partial charge in [0.1, 0.15) is 0 Å². The monoisotopic (exact) mass is 323 g/mol. The Hall–Kier alpha value is -1.79. The second kappa shape index (κ2) is 7.28. The number of nitrogens with one attached hydrogen (secondary N) is 2. The van der Waals surface area contributed by atoms with Crippen molar-refractivity contribution in [2.24, 2.45) is 0 Å². The number of carbonyl (C=O) groups excluding carboxylic acids is 1. The molecule has 0 fully saturated rings. The molecule has 0 aliphatic rings. The summed E-state index contributed by atoms with van der Waals surface area (Å²) in [7, 11) is 1.54. The fourth-order valence-corrected chi connectivity index (χ4v) is 2.84. The van der Waals surface area contributed by atoms with Crippen LogP contribution in [0, 0.1) is 0 Å². The molecule has 0 aliphatic heterocycles. The SMILES string of the molecule is CNC(=O)Cc1cc(=O)[nH]c(SCc2ccccc2Cl)n1. The van der Waals surface area contributed by atoms with E-state index in [2.05, 4.69) is 15.3 Å². The van der Waals surface area contributed by atoms with Crippen LogP contribution in [0.3, 0.4) is 0 Å². The minimum Gasteiger partial charge on any atom is -0.359 e. The van der Waals surface area contributed by atoms with Crippen LogP contribution in [-0.4, -0.2) is 22.9 Å². The Bertz CT molecular complexity index is 703. The highest BCUT2D eigenvalue weighted by Crippen LogP contribution is 2.23. The first kappa shape index (κ1) is 15.6. The maximum Gasteiger partial charge on any atom is 0.251 e. The first-order valence-corrected chi connectivity index (χ1v) is 7.62. The van der Waals surface area contributed by atoms with Gasteiger partial charge in [-0.2, -0.15) is 0 Å². The van der Waals surface area contributed by atoms with Crippen molar-refractivity contribution in [3.63, 3.8) is 0 Å². The molecule has 2 N–H and O–H groups in total. The van der Waals surface area contributed by atoms with Crippen molar-refractivity contribution >= 4 is 29.3 Å². The number of carbonyl (C=O) groups is 1. The van der Waals surface area contributed by atoms with Gasteiger partial charge in [-0.25, -0.2) is 4.98 Å². The number of halogens is 1. The summed E-state index contributed by atoms with van der Waals surface area (Å²) >= 11 is 7.45. The number of hydrogen-bond donors (Lipinski definition) is 2. The highest BCUT2D eigenvalue weighted by Gasteiger charge is 2.07. The number of likely N-dealkylation sites (N-methyl/N-ethyl adjacent to an activating group) is 1. The van der Waals surface area contributed by atoms with E-state index in [1.54, 1.807) is 7.05 Å². The molecule has 0 spiro atoms. The van der Waals surface area contributed by atoms with Crippen molar-refractivity contribution in [3.05, 3.63) is 57.0 Å². The summed E-state index contributed by atoms with van der Waals surface area (Å²) in [6.45, 7) is 0. The molecule has 110 valence electrons. The van der Waals surface area contributed by atoms with E-state index in [-0.39, 0.29) is 17.9 Å². The normalized spacial score (nSPS) is 10.4. The van der Waals surface area contributed by atoms with Crippen LogP contribution < -0.4 is 10.9 Å². The number of amides is 1. The number of rotatable bonds is 5. The zero-order valence-corrected chi connectivity index (χ0v) is 12.9. The molecule has 1 aromatic carbocycles. The Labute approximate surface area is 131 Å². The summed E-state index contributed by atoms with van der Waals surface area (Å²) in [5.41, 5.74) is 1.13. The smallest absolute Gasteiger partial charge is 0.251 e. The van der Waals surface area contributed by atoms with E-state index >= 15 is 0 Å². The van der Waals surface area contributed by atoms with Crippen LogP contribution in [0.5, 0.6) is 0 Å². The Kier molecular flexibility index (Phi) is 5.41. The van der Waals surface area contributed by atoms with Gasteiger partial charge in [0.15, 0.2) is 5.16 Å². The van der Waals surface area contributed by atoms with E-state index < -0.39 is 0 Å². The maximum absolute atomic E-state index is 11.6. The topological polar surface area (TPSA) is 74.8 Å². The molecule has 1 heterocycles. The number of nitrogens with zero attached hydrogens (tertiary/aromatic N) is 1. The number of thioether (sulfide) groups is 1. The van der Waals surface area contributed by atoms with E-state index in [9.17, 15) is 9.59 Å². The molecule has 0 bridgehead atoms. The summed E-state index contributed by atoms with van der Waals surface area (Å²) in [6, 6.07) is 8.83. The molecule has 21 heavy (non-hydrogen) atoms. The predicted molar refractivity (Wildman–Crippen MR) is 83.6 cm³/mol. The van der Waals surface area contributed by atoms with E-state index in [1.165, 1.54) is 17.8 Å². The average molecular weight is 324 g/mol. The van der Waals surface area contributed by atoms with Crippen molar-refractivity contribution in [2.75, 3.05) is 7.05 Å². The molecule has 0 saturated carbocycles. The lowest BCUT2D eigenvalue weighted by molar-refractivity contribution is -0.120. The number of aromatic amines is 1. The van der Waals surface area contributed by atoms with Crippen LogP contribution in [0.1, 0.15) is 11.3 Å². The molecule has 5 nitrogen and oxygen atoms in total. The van der Waals surface area contributed by atoms with Crippen LogP contribution in [0.4, 0.5) is 0 Å². The van der Waals surface area contributed by atoms with E-state index in [0.717, 1.165) is 5.56 Å². The maximum atomic E-state index is 11.6. The Morgan fingerprint density at radius 1 is 1.43 bits per heavy atom. The van der Waals surface area contributed by atoms with Crippen LogP contribution in [-0.2, 0) is 17.0 Å². The van der Waals surface area contributed by atoms with Gasteiger partial charge in [-0.05, 0) is 11.6 Å². The fourth-order valence-electron chi connectivity index (χ4n) is 1.66. The van der Waals surface area contributed by atoms with Gasteiger partial charge in [-0.3, -0.25) is 9.59 Å². The second-order valence-corrected chi connectivity index (χ2v) is 5.64. The van der Waals surface area contributed by atoms with Gasteiger partial charge in [0, 0.05) is 23.9 Å². The molecule has 2 rings (SSSR count). The van der Waals surface area contributed by atoms with Crippen molar-refractivity contribution in [1.82, 2.24) is 15.3 Å². The van der Waals surface area contributed by atoms with Gasteiger partial charge in [0.2, 0.25) is 5.91 Å². The second-order valence-electron chi connectivity index (χ2n) is 4.27. The Morgan fingerprint density at radius 3 is 2.90 bits per heavy atom. The summed E-state index contributed by atoms with van der Waals surface area (Å²) in [5, 5.41) is 3.65. The van der Waals surface area contributed by atoms with E-state index in [0.29, 0.717) is 21.6 Å². The lowest BCUT2D eigenvalue weighted by Crippen LogP contribution is -2.22. The zero-order chi connectivity index (χ0) is 15.2. The lowest BCUT2D eigenvalue weighted by atomic mass is 10.2. The third kappa shape index (κ3) is 4.61. The zero-order valence-electron chi connectivity index (χ0n) is 11.4. The molecule has 0 radical (unpaired) electrons. The molecular formula is C14H14ClN3O2S. The van der Waals surface area contributed by atoms with Gasteiger partial charge in [-0.15, -0.1) is 0 Å². The highest BCUT2D eigenvalue weighted by atomic mass is 35.5. The number of hydrogen-bond acceptors (Lipinski definition) is 4. The predicted octanol–water partition coefficient (Wildman–Crippen LogP) is 2.00. The Morgan fingerprint density at radius 2 is 2.19 bits per heavy atom. The first-order chi connectivity index (χ1) is 10.1. The van der Waals surface area contributed by atoms with Gasteiger partial charge in [0.25, 0.3) is 5.56 Å². The largest absolute Gasteiger partial charge is 0.359 e. The number of H-pyrrole nitrogens is 1. The van der Waals surface area contributed by atoms with Gasteiger partial charge < -0.3 is 10.3 Å². The summed E-state index contributed by atoms with van der Waals surface area (Å²) < 4.78 is 0. The van der Waals surface area contributed by atoms with Crippen LogP contribution in [0.25, 0.3) is 0 Å². The molecular weight excluding hydrogens is 310 g/mol. The third-order valence-electron chi connectivity index (χ3n) is 2.72. The van der Waals surface area contributed by atoms with E-state index in [4.69, 9.17) is 11.6 Å². The van der Waals surface area contributed by atoms with Crippen molar-refractivity contribution in [2.45, 2.75) is 17.3 Å². The molecule has 2 aromatic rings. The molecule has 0 saturated heterocycles. The fraction of sp³-hybridized carbons (Fsp3) is 0.214. The summed E-state index contributed by atoms with van der Waals surface area (Å²) in [6.07, 6.45) is 0.0834. The van der Waals surface area contributed by atoms with E-state index in [1.807, 2.05) is 24.3 Å². The lowest BCUT2D eigenvalue weighted by Gasteiger charge is -2.05. The molecule has 0 unspecified atom stereocenters. The minimum absolute atomic E-state index is 0.0834. The van der Waals surface area contributed by atoms with Crippen LogP contribution >= 0.6 is 23.4 Å². The quantitative estimate of drug-likeness (QED) is 0.652. The minimum atomic E-state index is -0.273. The van der Waals surface area contributed by atoms with Gasteiger partial charge in [-0.1, -0.05) is 41.6 Å². The summed E-state index contributed by atoms with van der Waals surface area (Å²) in [4.78, 5) is 29.9. The first-order valence-electron chi connectivity index (χ1n) is 6.25. The standard InChI is InChI=1S/C14H14ClN3O2S/c1-16-12(19)6-10-7-13(20)18-14(17-10)21-8-9-4-2-3-5-11(9)15/h2-5,7H,6,8H2,1H3,(H,16,19)(H,17,18,20). The molecule has 0 aliphatic carbocycles. The van der Waals surface area contributed by atoms with Crippen molar-refractivity contribution in [1.29, 1.82) is 0 Å². The average Bonchev–Trinajstić information content (AvgIpc) is 2.45. The van der Waals surface area contributed by atoms with Crippen molar-refractivity contribution < 1.29 is 4.79 Å². The molecule has 0 atom stereocenters. The molecule has 1 aromatic heterocycles. The summed E-state index contributed by atoms with van der Waals surface area (Å²) in [5.74, 6) is 0.404. The van der Waals surface area contributed by atoms with Crippen molar-refractivity contribution in [3.8, 4) is 0 Å². The number of aromatic nitrogens is 2. The molecule has 1 amide bonds. The van der Waals surface area contributed by atoms with Crippen LogP contribution in [0.2, 0.25) is 5.02 Å².